The molecule has 1 N–H and O–H groups in total. The summed E-state index contributed by atoms with van der Waals surface area (Å²) in [4.78, 5) is 14.3. The summed E-state index contributed by atoms with van der Waals surface area (Å²) in [5.74, 6) is 0.165. The number of carboxylic acids is 1. The van der Waals surface area contributed by atoms with E-state index in [0.717, 1.165) is 11.6 Å². The van der Waals surface area contributed by atoms with Crippen LogP contribution in [0.5, 0.6) is 0 Å². The van der Waals surface area contributed by atoms with Crippen molar-refractivity contribution in [1.82, 2.24) is 4.98 Å². The maximum absolute atomic E-state index is 10.3. The third kappa shape index (κ3) is 2.36. The van der Waals surface area contributed by atoms with Gasteiger partial charge in [0.25, 0.3) is 0 Å². The minimum atomic E-state index is -1.00. The minimum absolute atomic E-state index is 0.501. The molecule has 4 nitrogen and oxygen atoms in total. The van der Waals surface area contributed by atoms with E-state index in [9.17, 15) is 4.79 Å². The topological polar surface area (TPSA) is 63.3 Å². The predicted molar refractivity (Wildman–Crippen MR) is 58.6 cm³/mol. The third-order valence-corrected chi connectivity index (χ3v) is 1.96. The van der Waals surface area contributed by atoms with E-state index in [1.807, 2.05) is 12.1 Å². The van der Waals surface area contributed by atoms with Gasteiger partial charge in [0.05, 0.1) is 0 Å². The van der Waals surface area contributed by atoms with Gasteiger partial charge in [-0.05, 0) is 30.3 Å². The van der Waals surface area contributed by atoms with E-state index < -0.39 is 5.97 Å². The Kier molecular flexibility index (Phi) is 2.82. The quantitative estimate of drug-likeness (QED) is 0.798. The average molecular weight is 215 g/mol. The molecule has 0 aliphatic carbocycles. The number of aliphatic carboxylic acids is 1. The normalized spacial score (nSPS) is 10.8. The first kappa shape index (κ1) is 10.2. The van der Waals surface area contributed by atoms with Crippen molar-refractivity contribution < 1.29 is 14.3 Å². The number of carbonyl (C=O) groups is 1. The van der Waals surface area contributed by atoms with Crippen molar-refractivity contribution in [2.24, 2.45) is 0 Å². The number of hydrogen-bond acceptors (Lipinski definition) is 3. The largest absolute Gasteiger partial charge is 0.478 e. The van der Waals surface area contributed by atoms with E-state index >= 15 is 0 Å². The van der Waals surface area contributed by atoms with Crippen LogP contribution in [0.1, 0.15) is 5.76 Å². The van der Waals surface area contributed by atoms with Gasteiger partial charge in [0.2, 0.25) is 0 Å². The third-order valence-electron chi connectivity index (χ3n) is 1.96. The van der Waals surface area contributed by atoms with Crippen LogP contribution in [0.15, 0.2) is 47.2 Å². The Bertz CT molecular complexity index is 514. The van der Waals surface area contributed by atoms with Gasteiger partial charge in [-0.3, -0.25) is 4.98 Å². The lowest BCUT2D eigenvalue weighted by Crippen LogP contribution is -1.84. The zero-order chi connectivity index (χ0) is 11.4. The van der Waals surface area contributed by atoms with Gasteiger partial charge >= 0.3 is 5.97 Å². The molecule has 0 spiro atoms. The molecule has 0 saturated carbocycles. The molecule has 0 bridgehead atoms. The number of rotatable bonds is 3. The van der Waals surface area contributed by atoms with Crippen LogP contribution in [-0.4, -0.2) is 16.1 Å². The Morgan fingerprint density at radius 2 is 2.25 bits per heavy atom. The zero-order valence-corrected chi connectivity index (χ0v) is 8.33. The molecule has 2 aromatic heterocycles. The molecule has 0 aromatic carbocycles. The van der Waals surface area contributed by atoms with E-state index in [2.05, 4.69) is 4.98 Å². The minimum Gasteiger partial charge on any atom is -0.478 e. The van der Waals surface area contributed by atoms with Gasteiger partial charge in [-0.15, -0.1) is 0 Å². The van der Waals surface area contributed by atoms with Gasteiger partial charge < -0.3 is 9.52 Å². The fraction of sp³-hybridized carbons (Fsp3) is 0. The first-order chi connectivity index (χ1) is 7.75. The number of furan rings is 1. The average Bonchev–Trinajstić information content (AvgIpc) is 2.76. The molecule has 80 valence electrons. The lowest BCUT2D eigenvalue weighted by molar-refractivity contribution is -0.131. The lowest BCUT2D eigenvalue weighted by atomic mass is 10.2. The molecule has 0 amide bonds. The molecule has 4 heteroatoms. The SMILES string of the molecule is O=C(O)/C=C/c1ccc(-c2cccnc2)o1. The van der Waals surface area contributed by atoms with Gasteiger partial charge in [-0.2, -0.15) is 0 Å². The standard InChI is InChI=1S/C12H9NO3/c14-12(15)6-4-10-3-5-11(16-10)9-2-1-7-13-8-9/h1-8H,(H,14,15)/b6-4+. The fourth-order valence-electron chi connectivity index (χ4n) is 1.26. The molecule has 2 rings (SSSR count). The number of aromatic nitrogens is 1. The van der Waals surface area contributed by atoms with E-state index in [1.165, 1.54) is 6.08 Å². The predicted octanol–water partition coefficient (Wildman–Crippen LogP) is 2.44. The van der Waals surface area contributed by atoms with Crippen LogP contribution in [0.2, 0.25) is 0 Å². The molecule has 0 radical (unpaired) electrons. The summed E-state index contributed by atoms with van der Waals surface area (Å²) in [5.41, 5.74) is 0.859. The zero-order valence-electron chi connectivity index (χ0n) is 8.33. The number of hydrogen-bond donors (Lipinski definition) is 1. The maximum atomic E-state index is 10.3. The van der Waals surface area contributed by atoms with Crippen LogP contribution >= 0.6 is 0 Å². The summed E-state index contributed by atoms with van der Waals surface area (Å²) in [6, 6.07) is 7.17. The highest BCUT2D eigenvalue weighted by atomic mass is 16.4. The van der Waals surface area contributed by atoms with Gasteiger partial charge in [-0.25, -0.2) is 4.79 Å². The molecule has 0 saturated heterocycles. The number of pyridine rings is 1. The smallest absolute Gasteiger partial charge is 0.328 e. The number of carboxylic acid groups (broad SMARTS) is 1. The van der Waals surface area contributed by atoms with Crippen LogP contribution in [-0.2, 0) is 4.79 Å². The van der Waals surface area contributed by atoms with Crippen molar-refractivity contribution in [2.75, 3.05) is 0 Å². The van der Waals surface area contributed by atoms with Crippen molar-refractivity contribution in [3.63, 3.8) is 0 Å². The maximum Gasteiger partial charge on any atom is 0.328 e. The fourth-order valence-corrected chi connectivity index (χ4v) is 1.26. The Labute approximate surface area is 91.9 Å². The molecular formula is C12H9NO3. The number of nitrogens with zero attached hydrogens (tertiary/aromatic N) is 1. The summed E-state index contributed by atoms with van der Waals surface area (Å²) in [6.45, 7) is 0. The van der Waals surface area contributed by atoms with Crippen LogP contribution in [0.3, 0.4) is 0 Å². The van der Waals surface area contributed by atoms with Crippen LogP contribution in [0.4, 0.5) is 0 Å². The molecular weight excluding hydrogens is 206 g/mol. The summed E-state index contributed by atoms with van der Waals surface area (Å²) in [5, 5.41) is 8.46. The van der Waals surface area contributed by atoms with Crippen LogP contribution in [0.25, 0.3) is 17.4 Å². The first-order valence-electron chi connectivity index (χ1n) is 4.67. The van der Waals surface area contributed by atoms with Gasteiger partial charge in [-0.1, -0.05) is 0 Å². The summed E-state index contributed by atoms with van der Waals surface area (Å²) in [6.07, 6.45) is 5.80. The van der Waals surface area contributed by atoms with Crippen LogP contribution < -0.4 is 0 Å². The van der Waals surface area contributed by atoms with Gasteiger partial charge in [0.1, 0.15) is 11.5 Å². The summed E-state index contributed by atoms with van der Waals surface area (Å²) in [7, 11) is 0. The van der Waals surface area contributed by atoms with Crippen LogP contribution in [0, 0.1) is 0 Å². The van der Waals surface area contributed by atoms with E-state index in [4.69, 9.17) is 9.52 Å². The molecule has 16 heavy (non-hydrogen) atoms. The highest BCUT2D eigenvalue weighted by molar-refractivity contribution is 5.84. The van der Waals surface area contributed by atoms with Crippen molar-refractivity contribution >= 4 is 12.0 Å². The highest BCUT2D eigenvalue weighted by Gasteiger charge is 2.02. The summed E-state index contributed by atoms with van der Waals surface area (Å²) >= 11 is 0. The molecule has 0 atom stereocenters. The summed E-state index contributed by atoms with van der Waals surface area (Å²) < 4.78 is 5.43. The molecule has 0 unspecified atom stereocenters. The van der Waals surface area contributed by atoms with E-state index in [0.29, 0.717) is 11.5 Å². The van der Waals surface area contributed by atoms with E-state index in [-0.39, 0.29) is 0 Å². The molecule has 0 aliphatic heterocycles. The Balaban J connectivity index is 2.23. The van der Waals surface area contributed by atoms with Gasteiger partial charge in [0, 0.05) is 24.0 Å². The first-order valence-corrected chi connectivity index (χ1v) is 4.67. The monoisotopic (exact) mass is 215 g/mol. The van der Waals surface area contributed by atoms with Crippen molar-refractivity contribution in [3.8, 4) is 11.3 Å². The molecule has 0 fully saturated rings. The van der Waals surface area contributed by atoms with E-state index in [1.54, 1.807) is 24.5 Å². The molecule has 2 heterocycles. The molecule has 2 aromatic rings. The second-order valence-corrected chi connectivity index (χ2v) is 3.12. The Morgan fingerprint density at radius 1 is 1.38 bits per heavy atom. The second kappa shape index (κ2) is 4.44. The molecule has 0 aliphatic rings. The Morgan fingerprint density at radius 3 is 2.94 bits per heavy atom. The lowest BCUT2D eigenvalue weighted by Gasteiger charge is -1.93. The van der Waals surface area contributed by atoms with Gasteiger partial charge in [0.15, 0.2) is 0 Å². The van der Waals surface area contributed by atoms with Crippen molar-refractivity contribution in [1.29, 1.82) is 0 Å². The second-order valence-electron chi connectivity index (χ2n) is 3.12. The highest BCUT2D eigenvalue weighted by Crippen LogP contribution is 2.21. The van der Waals surface area contributed by atoms with Crippen molar-refractivity contribution in [2.45, 2.75) is 0 Å². The van der Waals surface area contributed by atoms with Crippen molar-refractivity contribution in [3.05, 3.63) is 48.5 Å². The Hall–Kier alpha value is -2.36.